The second-order valence-electron chi connectivity index (χ2n) is 4.77. The van der Waals surface area contributed by atoms with Crippen molar-refractivity contribution in [2.45, 2.75) is 6.92 Å². The van der Waals surface area contributed by atoms with Gasteiger partial charge in [0.15, 0.2) is 0 Å². The highest BCUT2D eigenvalue weighted by Crippen LogP contribution is 2.29. The molecule has 0 atom stereocenters. The van der Waals surface area contributed by atoms with Crippen molar-refractivity contribution in [1.82, 2.24) is 14.9 Å². The van der Waals surface area contributed by atoms with Crippen LogP contribution in [0.4, 0.5) is 0 Å². The normalized spacial score (nSPS) is 10.8. The molecule has 0 saturated heterocycles. The van der Waals surface area contributed by atoms with Gasteiger partial charge >= 0.3 is 0 Å². The summed E-state index contributed by atoms with van der Waals surface area (Å²) in [6.45, 7) is 2.04. The minimum Gasteiger partial charge on any atom is -0.355 e. The van der Waals surface area contributed by atoms with Crippen LogP contribution in [0.25, 0.3) is 16.7 Å². The molecule has 1 aromatic carbocycles. The summed E-state index contributed by atoms with van der Waals surface area (Å²) in [4.78, 5) is 16.2. The minimum absolute atomic E-state index is 0.238. The van der Waals surface area contributed by atoms with E-state index in [4.69, 9.17) is 11.6 Å². The number of benzene rings is 1. The SMILES string of the molecule is CNC(=O)c1cnc2c(ccn2-c2ccccc2C)c1Cl. The van der Waals surface area contributed by atoms with Gasteiger partial charge in [-0.05, 0) is 24.6 Å². The maximum atomic E-state index is 11.8. The number of amides is 1. The fourth-order valence-corrected chi connectivity index (χ4v) is 2.66. The molecule has 0 aliphatic rings. The molecule has 21 heavy (non-hydrogen) atoms. The molecule has 5 heteroatoms. The molecule has 0 spiro atoms. The molecule has 4 nitrogen and oxygen atoms in total. The van der Waals surface area contributed by atoms with Crippen molar-refractivity contribution in [2.75, 3.05) is 7.05 Å². The molecule has 0 saturated carbocycles. The summed E-state index contributed by atoms with van der Waals surface area (Å²) in [5.41, 5.74) is 3.31. The summed E-state index contributed by atoms with van der Waals surface area (Å²) < 4.78 is 1.98. The molecule has 2 heterocycles. The first-order valence-electron chi connectivity index (χ1n) is 6.57. The van der Waals surface area contributed by atoms with Crippen molar-refractivity contribution in [3.63, 3.8) is 0 Å². The monoisotopic (exact) mass is 299 g/mol. The molecule has 3 aromatic rings. The van der Waals surface area contributed by atoms with Crippen LogP contribution < -0.4 is 5.32 Å². The number of halogens is 1. The van der Waals surface area contributed by atoms with E-state index in [-0.39, 0.29) is 5.91 Å². The van der Waals surface area contributed by atoms with Crippen molar-refractivity contribution in [1.29, 1.82) is 0 Å². The van der Waals surface area contributed by atoms with Crippen molar-refractivity contribution >= 4 is 28.5 Å². The molecule has 1 amide bonds. The second kappa shape index (κ2) is 5.22. The highest BCUT2D eigenvalue weighted by molar-refractivity contribution is 6.38. The van der Waals surface area contributed by atoms with E-state index in [0.29, 0.717) is 10.6 Å². The summed E-state index contributed by atoms with van der Waals surface area (Å²) in [5.74, 6) is -0.238. The lowest BCUT2D eigenvalue weighted by Gasteiger charge is -2.09. The summed E-state index contributed by atoms with van der Waals surface area (Å²) in [5, 5.41) is 3.75. The van der Waals surface area contributed by atoms with Gasteiger partial charge in [-0.3, -0.25) is 4.79 Å². The first-order valence-corrected chi connectivity index (χ1v) is 6.95. The van der Waals surface area contributed by atoms with E-state index in [9.17, 15) is 4.79 Å². The summed E-state index contributed by atoms with van der Waals surface area (Å²) in [7, 11) is 1.57. The van der Waals surface area contributed by atoms with Crippen LogP contribution >= 0.6 is 11.6 Å². The molecule has 1 N–H and O–H groups in total. The Balaban J connectivity index is 2.23. The van der Waals surface area contributed by atoms with Crippen LogP contribution in [-0.2, 0) is 0 Å². The van der Waals surface area contributed by atoms with Gasteiger partial charge in [-0.1, -0.05) is 29.8 Å². The van der Waals surface area contributed by atoms with Crippen molar-refractivity contribution in [3.05, 3.63) is 58.9 Å². The van der Waals surface area contributed by atoms with Gasteiger partial charge in [0.1, 0.15) is 5.65 Å². The third-order valence-corrected chi connectivity index (χ3v) is 3.90. The van der Waals surface area contributed by atoms with Gasteiger partial charge in [-0.25, -0.2) is 4.98 Å². The Morgan fingerprint density at radius 2 is 2.05 bits per heavy atom. The van der Waals surface area contributed by atoms with E-state index < -0.39 is 0 Å². The first kappa shape index (κ1) is 13.6. The van der Waals surface area contributed by atoms with Gasteiger partial charge < -0.3 is 9.88 Å². The molecule has 0 aliphatic heterocycles. The average Bonchev–Trinajstić information content (AvgIpc) is 2.92. The number of carbonyl (C=O) groups is 1. The van der Waals surface area contributed by atoms with Crippen molar-refractivity contribution in [2.24, 2.45) is 0 Å². The number of aryl methyl sites for hydroxylation is 1. The Morgan fingerprint density at radius 3 is 2.76 bits per heavy atom. The average molecular weight is 300 g/mol. The van der Waals surface area contributed by atoms with Crippen LogP contribution in [-0.4, -0.2) is 22.5 Å². The number of aromatic nitrogens is 2. The molecule has 0 unspecified atom stereocenters. The van der Waals surface area contributed by atoms with Gasteiger partial charge in [-0.15, -0.1) is 0 Å². The first-order chi connectivity index (χ1) is 10.1. The lowest BCUT2D eigenvalue weighted by Crippen LogP contribution is -2.18. The smallest absolute Gasteiger partial charge is 0.254 e. The maximum absolute atomic E-state index is 11.8. The Kier molecular flexibility index (Phi) is 3.39. The number of rotatable bonds is 2. The zero-order valence-electron chi connectivity index (χ0n) is 11.7. The van der Waals surface area contributed by atoms with E-state index >= 15 is 0 Å². The van der Waals surface area contributed by atoms with E-state index in [1.807, 2.05) is 48.0 Å². The molecule has 0 bridgehead atoms. The molecule has 0 aliphatic carbocycles. The molecular formula is C16H14ClN3O. The van der Waals surface area contributed by atoms with Crippen molar-refractivity contribution < 1.29 is 4.79 Å². The zero-order chi connectivity index (χ0) is 15.0. The highest BCUT2D eigenvalue weighted by Gasteiger charge is 2.15. The lowest BCUT2D eigenvalue weighted by molar-refractivity contribution is 0.0963. The number of fused-ring (bicyclic) bond motifs is 1. The van der Waals surface area contributed by atoms with Crippen LogP contribution in [0, 0.1) is 6.92 Å². The number of pyridine rings is 1. The summed E-state index contributed by atoms with van der Waals surface area (Å²) in [6, 6.07) is 9.92. The third kappa shape index (κ3) is 2.17. The predicted octanol–water partition coefficient (Wildman–Crippen LogP) is 3.35. The highest BCUT2D eigenvalue weighted by atomic mass is 35.5. The quantitative estimate of drug-likeness (QED) is 0.789. The van der Waals surface area contributed by atoms with Crippen LogP contribution in [0.3, 0.4) is 0 Å². The standard InChI is InChI=1S/C16H14ClN3O/c1-10-5-3-4-6-13(10)20-8-7-11-14(17)12(16(21)18-2)9-19-15(11)20/h3-9H,1-2H3,(H,18,21). The number of nitrogens with one attached hydrogen (secondary N) is 1. The fourth-order valence-electron chi connectivity index (χ4n) is 2.38. The number of hydrogen-bond donors (Lipinski definition) is 1. The lowest BCUT2D eigenvalue weighted by atomic mass is 10.2. The maximum Gasteiger partial charge on any atom is 0.254 e. The number of hydrogen-bond acceptors (Lipinski definition) is 2. The van der Waals surface area contributed by atoms with Gasteiger partial charge in [0, 0.05) is 30.5 Å². The van der Waals surface area contributed by atoms with Gasteiger partial charge in [0.05, 0.1) is 10.6 Å². The number of para-hydroxylation sites is 1. The van der Waals surface area contributed by atoms with Crippen molar-refractivity contribution in [3.8, 4) is 5.69 Å². The Morgan fingerprint density at radius 1 is 1.29 bits per heavy atom. The Hall–Kier alpha value is -2.33. The largest absolute Gasteiger partial charge is 0.355 e. The Labute approximate surface area is 127 Å². The van der Waals surface area contributed by atoms with Gasteiger partial charge in [-0.2, -0.15) is 0 Å². The summed E-state index contributed by atoms with van der Waals surface area (Å²) in [6.07, 6.45) is 3.43. The van der Waals surface area contributed by atoms with Crippen LogP contribution in [0.15, 0.2) is 42.7 Å². The van der Waals surface area contributed by atoms with Crippen LogP contribution in [0.5, 0.6) is 0 Å². The van der Waals surface area contributed by atoms with E-state index in [1.165, 1.54) is 6.20 Å². The number of nitrogens with zero attached hydrogens (tertiary/aromatic N) is 2. The molecule has 0 radical (unpaired) electrons. The zero-order valence-corrected chi connectivity index (χ0v) is 12.5. The van der Waals surface area contributed by atoms with Crippen LogP contribution in [0.1, 0.15) is 15.9 Å². The van der Waals surface area contributed by atoms with Crippen LogP contribution in [0.2, 0.25) is 5.02 Å². The molecule has 2 aromatic heterocycles. The molecule has 0 fully saturated rings. The van der Waals surface area contributed by atoms with Gasteiger partial charge in [0.25, 0.3) is 5.91 Å². The predicted molar refractivity (Wildman–Crippen MR) is 84.2 cm³/mol. The third-order valence-electron chi connectivity index (χ3n) is 3.49. The van der Waals surface area contributed by atoms with Gasteiger partial charge in [0.2, 0.25) is 0 Å². The Bertz CT molecular complexity index is 839. The fraction of sp³-hybridized carbons (Fsp3) is 0.125. The molecule has 3 rings (SSSR count). The van der Waals surface area contributed by atoms with E-state index in [2.05, 4.69) is 10.3 Å². The van der Waals surface area contributed by atoms with E-state index in [1.54, 1.807) is 7.05 Å². The minimum atomic E-state index is -0.238. The van der Waals surface area contributed by atoms with E-state index in [0.717, 1.165) is 22.3 Å². The number of carbonyl (C=O) groups excluding carboxylic acids is 1. The second-order valence-corrected chi connectivity index (χ2v) is 5.15. The topological polar surface area (TPSA) is 46.9 Å². The summed E-state index contributed by atoms with van der Waals surface area (Å²) >= 11 is 6.34. The molecule has 106 valence electrons. The molecular weight excluding hydrogens is 286 g/mol.